The second-order valence-electron chi connectivity index (χ2n) is 3.95. The summed E-state index contributed by atoms with van der Waals surface area (Å²) in [5.74, 6) is 0.487. The Balaban J connectivity index is 2.33. The fourth-order valence-corrected chi connectivity index (χ4v) is 2.37. The van der Waals surface area contributed by atoms with Crippen LogP contribution in [0.5, 0.6) is 0 Å². The second kappa shape index (κ2) is 4.19. The van der Waals surface area contributed by atoms with Gasteiger partial charge in [-0.25, -0.2) is 0 Å². The third-order valence-corrected chi connectivity index (χ3v) is 3.31. The molecule has 0 saturated heterocycles. The van der Waals surface area contributed by atoms with Gasteiger partial charge in [0.1, 0.15) is 5.02 Å². The monoisotopic (exact) mass is 225 g/mol. The Bertz CT molecular complexity index is 386. The van der Waals surface area contributed by atoms with Gasteiger partial charge in [-0.05, 0) is 30.4 Å². The van der Waals surface area contributed by atoms with Gasteiger partial charge in [0.15, 0.2) is 0 Å². The van der Waals surface area contributed by atoms with Crippen molar-refractivity contribution in [1.29, 1.82) is 0 Å². The first-order valence-electron chi connectivity index (χ1n) is 5.12. The normalized spacial score (nSPS) is 16.9. The third-order valence-electron chi connectivity index (χ3n) is 2.99. The van der Waals surface area contributed by atoms with E-state index in [1.807, 2.05) is 6.07 Å². The highest BCUT2D eigenvalue weighted by Crippen LogP contribution is 2.37. The molecule has 15 heavy (non-hydrogen) atoms. The van der Waals surface area contributed by atoms with Gasteiger partial charge >= 0.3 is 0 Å². The maximum Gasteiger partial charge on any atom is 0.288 e. The van der Waals surface area contributed by atoms with Gasteiger partial charge < -0.3 is 0 Å². The van der Waals surface area contributed by atoms with Gasteiger partial charge in [0.25, 0.3) is 5.69 Å². The molecule has 0 N–H and O–H groups in total. The molecular formula is C11H12ClNO2. The quantitative estimate of drug-likeness (QED) is 0.566. The van der Waals surface area contributed by atoms with E-state index in [1.54, 1.807) is 12.1 Å². The molecule has 0 radical (unpaired) electrons. The zero-order valence-corrected chi connectivity index (χ0v) is 9.04. The van der Waals surface area contributed by atoms with Gasteiger partial charge in [-0.15, -0.1) is 0 Å². The van der Waals surface area contributed by atoms with Crippen LogP contribution in [-0.2, 0) is 0 Å². The van der Waals surface area contributed by atoms with Crippen LogP contribution in [0.25, 0.3) is 0 Å². The zero-order chi connectivity index (χ0) is 10.8. The van der Waals surface area contributed by atoms with E-state index in [0.29, 0.717) is 5.92 Å². The molecule has 3 nitrogen and oxygen atoms in total. The van der Waals surface area contributed by atoms with Crippen LogP contribution in [0.3, 0.4) is 0 Å². The number of nitro benzene ring substituents is 1. The molecule has 2 rings (SSSR count). The van der Waals surface area contributed by atoms with Crippen molar-refractivity contribution in [3.63, 3.8) is 0 Å². The lowest BCUT2D eigenvalue weighted by Gasteiger charge is -2.09. The van der Waals surface area contributed by atoms with Gasteiger partial charge in [-0.1, -0.05) is 30.5 Å². The van der Waals surface area contributed by atoms with Crippen molar-refractivity contribution in [3.05, 3.63) is 38.9 Å². The summed E-state index contributed by atoms with van der Waals surface area (Å²) in [6.45, 7) is 0. The van der Waals surface area contributed by atoms with Crippen LogP contribution in [0.2, 0.25) is 5.02 Å². The summed E-state index contributed by atoms with van der Waals surface area (Å²) in [5, 5.41) is 10.9. The smallest absolute Gasteiger partial charge is 0.258 e. The van der Waals surface area contributed by atoms with Crippen LogP contribution >= 0.6 is 11.6 Å². The summed E-state index contributed by atoms with van der Waals surface area (Å²) in [6.07, 6.45) is 4.72. The van der Waals surface area contributed by atoms with Gasteiger partial charge in [0.2, 0.25) is 0 Å². The number of nitro groups is 1. The number of hydrogen-bond donors (Lipinski definition) is 0. The Hall–Kier alpha value is -1.09. The Kier molecular flexibility index (Phi) is 2.91. The Labute approximate surface area is 93.2 Å². The number of hydrogen-bond acceptors (Lipinski definition) is 2. The molecule has 1 fully saturated rings. The first-order chi connectivity index (χ1) is 7.18. The molecule has 1 aliphatic carbocycles. The average molecular weight is 226 g/mol. The minimum Gasteiger partial charge on any atom is -0.258 e. The summed E-state index contributed by atoms with van der Waals surface area (Å²) < 4.78 is 0. The number of rotatable bonds is 2. The SMILES string of the molecule is O=[N+]([O-])c1cc(C2CCCC2)ccc1Cl. The van der Waals surface area contributed by atoms with Gasteiger partial charge in [0.05, 0.1) is 4.92 Å². The fraction of sp³-hybridized carbons (Fsp3) is 0.455. The number of benzene rings is 1. The molecule has 0 atom stereocenters. The first kappa shape index (κ1) is 10.4. The molecule has 1 aromatic rings. The van der Waals surface area contributed by atoms with Crippen LogP contribution in [0.15, 0.2) is 18.2 Å². The Morgan fingerprint density at radius 2 is 2.00 bits per heavy atom. The standard InChI is InChI=1S/C11H12ClNO2/c12-10-6-5-9(7-11(10)13(14)15)8-3-1-2-4-8/h5-8H,1-4H2. The predicted octanol–water partition coefficient (Wildman–Crippen LogP) is 3.91. The molecule has 0 bridgehead atoms. The Morgan fingerprint density at radius 3 is 2.60 bits per heavy atom. The lowest BCUT2D eigenvalue weighted by atomic mass is 9.97. The molecular weight excluding hydrogens is 214 g/mol. The molecule has 0 aromatic heterocycles. The lowest BCUT2D eigenvalue weighted by Crippen LogP contribution is -1.95. The zero-order valence-electron chi connectivity index (χ0n) is 8.28. The molecule has 1 aliphatic rings. The minimum absolute atomic E-state index is 0.0288. The van der Waals surface area contributed by atoms with Crippen LogP contribution in [0, 0.1) is 10.1 Å². The van der Waals surface area contributed by atoms with Crippen LogP contribution in [0.4, 0.5) is 5.69 Å². The second-order valence-corrected chi connectivity index (χ2v) is 4.36. The predicted molar refractivity (Wildman–Crippen MR) is 59.3 cm³/mol. The van der Waals surface area contributed by atoms with E-state index in [2.05, 4.69) is 0 Å². The lowest BCUT2D eigenvalue weighted by molar-refractivity contribution is -0.384. The van der Waals surface area contributed by atoms with E-state index in [-0.39, 0.29) is 10.7 Å². The van der Waals surface area contributed by atoms with Crippen LogP contribution < -0.4 is 0 Å². The number of nitrogens with zero attached hydrogens (tertiary/aromatic N) is 1. The molecule has 0 aliphatic heterocycles. The summed E-state index contributed by atoms with van der Waals surface area (Å²) in [6, 6.07) is 5.16. The van der Waals surface area contributed by atoms with E-state index in [4.69, 9.17) is 11.6 Å². The molecule has 80 valence electrons. The van der Waals surface area contributed by atoms with E-state index >= 15 is 0 Å². The Morgan fingerprint density at radius 1 is 1.33 bits per heavy atom. The van der Waals surface area contributed by atoms with Gasteiger partial charge in [-0.3, -0.25) is 10.1 Å². The van der Waals surface area contributed by atoms with Gasteiger partial charge in [-0.2, -0.15) is 0 Å². The van der Waals surface area contributed by atoms with Crippen molar-refractivity contribution in [2.24, 2.45) is 0 Å². The summed E-state index contributed by atoms with van der Waals surface area (Å²) in [4.78, 5) is 10.3. The third kappa shape index (κ3) is 2.12. The van der Waals surface area contributed by atoms with Crippen molar-refractivity contribution in [2.45, 2.75) is 31.6 Å². The molecule has 0 unspecified atom stereocenters. The fourth-order valence-electron chi connectivity index (χ4n) is 2.18. The van der Waals surface area contributed by atoms with Crippen LogP contribution in [-0.4, -0.2) is 4.92 Å². The average Bonchev–Trinajstić information content (AvgIpc) is 2.71. The van der Waals surface area contributed by atoms with Crippen molar-refractivity contribution in [3.8, 4) is 0 Å². The summed E-state index contributed by atoms with van der Waals surface area (Å²) in [7, 11) is 0. The molecule has 1 aromatic carbocycles. The van der Waals surface area contributed by atoms with Gasteiger partial charge in [0, 0.05) is 6.07 Å². The summed E-state index contributed by atoms with van der Waals surface area (Å²) >= 11 is 5.76. The van der Waals surface area contributed by atoms with Crippen molar-refractivity contribution >= 4 is 17.3 Å². The maximum absolute atomic E-state index is 10.7. The molecule has 0 heterocycles. The highest BCUT2D eigenvalue weighted by atomic mass is 35.5. The van der Waals surface area contributed by atoms with E-state index in [0.717, 1.165) is 18.4 Å². The van der Waals surface area contributed by atoms with Crippen molar-refractivity contribution in [1.82, 2.24) is 0 Å². The van der Waals surface area contributed by atoms with Crippen molar-refractivity contribution in [2.75, 3.05) is 0 Å². The first-order valence-corrected chi connectivity index (χ1v) is 5.50. The van der Waals surface area contributed by atoms with E-state index in [9.17, 15) is 10.1 Å². The minimum atomic E-state index is -0.416. The van der Waals surface area contributed by atoms with Crippen LogP contribution in [0.1, 0.15) is 37.2 Å². The highest BCUT2D eigenvalue weighted by Gasteiger charge is 2.20. The topological polar surface area (TPSA) is 43.1 Å². The molecule has 0 amide bonds. The van der Waals surface area contributed by atoms with Crippen molar-refractivity contribution < 1.29 is 4.92 Å². The summed E-state index contributed by atoms with van der Waals surface area (Å²) in [5.41, 5.74) is 1.09. The molecule has 1 saturated carbocycles. The largest absolute Gasteiger partial charge is 0.288 e. The number of halogens is 1. The molecule has 4 heteroatoms. The molecule has 0 spiro atoms. The van der Waals surface area contributed by atoms with E-state index < -0.39 is 4.92 Å². The van der Waals surface area contributed by atoms with E-state index in [1.165, 1.54) is 12.8 Å². The highest BCUT2D eigenvalue weighted by molar-refractivity contribution is 6.32. The maximum atomic E-state index is 10.7.